The number of carbonyl (C=O) groups excluding carboxylic acids is 1. The molecule has 0 bridgehead atoms. The highest BCUT2D eigenvalue weighted by molar-refractivity contribution is 5.53. The topological polar surface area (TPSA) is 38.7 Å². The molecular formula is C9H6F3NO2. The fourth-order valence-electron chi connectivity index (χ4n) is 1.04. The number of hydrogen-bond acceptors (Lipinski definition) is 3. The third-order valence-electron chi connectivity index (χ3n) is 1.44. The van der Waals surface area contributed by atoms with Gasteiger partial charge < -0.3 is 4.74 Å². The molecule has 1 aromatic rings. The number of hydrogen-bond donors (Lipinski definition) is 0. The highest BCUT2D eigenvalue weighted by atomic mass is 19.4. The highest BCUT2D eigenvalue weighted by Crippen LogP contribution is 2.27. The Morgan fingerprint density at radius 1 is 1.33 bits per heavy atom. The minimum Gasteiger partial charge on any atom is -0.406 e. The summed E-state index contributed by atoms with van der Waals surface area (Å²) in [5, 5.41) is 0. The van der Waals surface area contributed by atoms with Crippen LogP contribution < -0.4 is 4.74 Å². The van der Waals surface area contributed by atoms with E-state index in [0.29, 0.717) is 5.56 Å². The summed E-state index contributed by atoms with van der Waals surface area (Å²) in [5.41, 5.74) is 0.579. The summed E-state index contributed by atoms with van der Waals surface area (Å²) in [7, 11) is 0. The van der Waals surface area contributed by atoms with Crippen LogP contribution in [-0.4, -0.2) is 12.4 Å². The second-order valence-electron chi connectivity index (χ2n) is 2.76. The highest BCUT2D eigenvalue weighted by Gasteiger charge is 2.31. The van der Waals surface area contributed by atoms with Gasteiger partial charge in [0, 0.05) is 6.07 Å². The van der Waals surface area contributed by atoms with E-state index in [2.05, 4.69) is 9.73 Å². The molecule has 1 rings (SSSR count). The van der Waals surface area contributed by atoms with Gasteiger partial charge in [-0.05, 0) is 24.6 Å². The zero-order valence-corrected chi connectivity index (χ0v) is 7.63. The number of rotatable bonds is 2. The van der Waals surface area contributed by atoms with Crippen molar-refractivity contribution >= 4 is 11.8 Å². The maximum atomic E-state index is 11.9. The van der Waals surface area contributed by atoms with Crippen LogP contribution in [0, 0.1) is 6.92 Å². The van der Waals surface area contributed by atoms with Gasteiger partial charge in [-0.25, -0.2) is 4.79 Å². The van der Waals surface area contributed by atoms with Crippen molar-refractivity contribution in [3.05, 3.63) is 23.8 Å². The van der Waals surface area contributed by atoms with E-state index in [1.807, 2.05) is 0 Å². The molecule has 0 aliphatic carbocycles. The van der Waals surface area contributed by atoms with Crippen LogP contribution in [0.5, 0.6) is 5.75 Å². The van der Waals surface area contributed by atoms with Crippen molar-refractivity contribution in [3.8, 4) is 5.75 Å². The second kappa shape index (κ2) is 4.14. The standard InChI is InChI=1S/C9H6F3NO2/c1-6-2-7(13-5-14)4-8(3-6)15-9(10,11)12/h2-4H,1H3. The summed E-state index contributed by atoms with van der Waals surface area (Å²) in [6.45, 7) is 1.56. The molecule has 0 saturated carbocycles. The quantitative estimate of drug-likeness (QED) is 0.564. The van der Waals surface area contributed by atoms with Crippen LogP contribution >= 0.6 is 0 Å². The zero-order chi connectivity index (χ0) is 11.5. The Labute approximate surface area is 83.2 Å². The van der Waals surface area contributed by atoms with Crippen molar-refractivity contribution in [1.82, 2.24) is 0 Å². The first-order valence-corrected chi connectivity index (χ1v) is 3.86. The van der Waals surface area contributed by atoms with Crippen LogP contribution in [-0.2, 0) is 4.79 Å². The second-order valence-corrected chi connectivity index (χ2v) is 2.76. The van der Waals surface area contributed by atoms with Crippen LogP contribution in [0.15, 0.2) is 23.2 Å². The Bertz CT molecular complexity index is 408. The normalized spacial score (nSPS) is 10.7. The molecule has 1 aromatic carbocycles. The predicted octanol–water partition coefficient (Wildman–Crippen LogP) is 2.86. The number of alkyl halides is 3. The van der Waals surface area contributed by atoms with E-state index >= 15 is 0 Å². The van der Waals surface area contributed by atoms with Gasteiger partial charge in [0.2, 0.25) is 6.08 Å². The molecular weight excluding hydrogens is 211 g/mol. The number of aryl methyl sites for hydroxylation is 1. The number of nitrogens with zero attached hydrogens (tertiary/aromatic N) is 1. The van der Waals surface area contributed by atoms with E-state index in [1.165, 1.54) is 18.2 Å². The van der Waals surface area contributed by atoms with Gasteiger partial charge >= 0.3 is 6.36 Å². The maximum Gasteiger partial charge on any atom is 0.573 e. The van der Waals surface area contributed by atoms with E-state index in [9.17, 15) is 18.0 Å². The molecule has 0 amide bonds. The Morgan fingerprint density at radius 3 is 2.53 bits per heavy atom. The SMILES string of the molecule is Cc1cc(N=C=O)cc(OC(F)(F)F)c1. The first-order chi connectivity index (χ1) is 6.90. The lowest BCUT2D eigenvalue weighted by Gasteiger charge is -2.09. The number of benzene rings is 1. The molecule has 0 saturated heterocycles. The Hall–Kier alpha value is -1.81. The lowest BCUT2D eigenvalue weighted by atomic mass is 10.2. The monoisotopic (exact) mass is 217 g/mol. The predicted molar refractivity (Wildman–Crippen MR) is 45.6 cm³/mol. The van der Waals surface area contributed by atoms with Crippen LogP contribution in [0.3, 0.4) is 0 Å². The number of isocyanates is 1. The van der Waals surface area contributed by atoms with Gasteiger partial charge in [0.1, 0.15) is 5.75 Å². The average molecular weight is 217 g/mol. The Morgan fingerprint density at radius 2 is 2.00 bits per heavy atom. The summed E-state index contributed by atoms with van der Waals surface area (Å²) in [5.74, 6) is -0.406. The van der Waals surface area contributed by atoms with Gasteiger partial charge in [0.15, 0.2) is 0 Å². The van der Waals surface area contributed by atoms with Gasteiger partial charge in [0.05, 0.1) is 5.69 Å². The molecule has 80 valence electrons. The van der Waals surface area contributed by atoms with E-state index in [4.69, 9.17) is 0 Å². The molecule has 0 aliphatic rings. The van der Waals surface area contributed by atoms with Crippen molar-refractivity contribution in [1.29, 1.82) is 0 Å². The van der Waals surface area contributed by atoms with E-state index in [-0.39, 0.29) is 5.69 Å². The molecule has 0 heterocycles. The van der Waals surface area contributed by atoms with Crippen LogP contribution in [0.1, 0.15) is 5.56 Å². The van der Waals surface area contributed by atoms with Gasteiger partial charge in [-0.15, -0.1) is 13.2 Å². The fourth-order valence-corrected chi connectivity index (χ4v) is 1.04. The van der Waals surface area contributed by atoms with Crippen molar-refractivity contribution in [3.63, 3.8) is 0 Å². The third kappa shape index (κ3) is 3.83. The summed E-state index contributed by atoms with van der Waals surface area (Å²) < 4.78 is 39.3. The lowest BCUT2D eigenvalue weighted by Crippen LogP contribution is -2.17. The minimum absolute atomic E-state index is 0.0734. The first kappa shape index (κ1) is 11.3. The molecule has 0 spiro atoms. The van der Waals surface area contributed by atoms with E-state index < -0.39 is 12.1 Å². The van der Waals surface area contributed by atoms with Crippen molar-refractivity contribution in [2.45, 2.75) is 13.3 Å². The van der Waals surface area contributed by atoms with Crippen LogP contribution in [0.4, 0.5) is 18.9 Å². The molecule has 6 heteroatoms. The van der Waals surface area contributed by atoms with Crippen molar-refractivity contribution in [2.24, 2.45) is 4.99 Å². The molecule has 3 nitrogen and oxygen atoms in total. The van der Waals surface area contributed by atoms with Gasteiger partial charge in [-0.1, -0.05) is 0 Å². The summed E-state index contributed by atoms with van der Waals surface area (Å²) in [6, 6.07) is 3.64. The summed E-state index contributed by atoms with van der Waals surface area (Å²) in [6.07, 6.45) is -3.51. The summed E-state index contributed by atoms with van der Waals surface area (Å²) in [4.78, 5) is 13.1. The smallest absolute Gasteiger partial charge is 0.406 e. The first-order valence-electron chi connectivity index (χ1n) is 3.86. The van der Waals surface area contributed by atoms with Gasteiger partial charge in [0.25, 0.3) is 0 Å². The lowest BCUT2D eigenvalue weighted by molar-refractivity contribution is -0.274. The summed E-state index contributed by atoms with van der Waals surface area (Å²) >= 11 is 0. The molecule has 15 heavy (non-hydrogen) atoms. The van der Waals surface area contributed by atoms with Gasteiger partial charge in [-0.2, -0.15) is 4.99 Å². The van der Waals surface area contributed by atoms with E-state index in [0.717, 1.165) is 6.07 Å². The van der Waals surface area contributed by atoms with E-state index in [1.54, 1.807) is 6.92 Å². The van der Waals surface area contributed by atoms with Crippen molar-refractivity contribution in [2.75, 3.05) is 0 Å². The molecule has 0 unspecified atom stereocenters. The van der Waals surface area contributed by atoms with Crippen molar-refractivity contribution < 1.29 is 22.7 Å². The zero-order valence-electron chi connectivity index (χ0n) is 7.63. The van der Waals surface area contributed by atoms with Gasteiger partial charge in [-0.3, -0.25) is 0 Å². The number of halogens is 3. The van der Waals surface area contributed by atoms with Crippen LogP contribution in [0.2, 0.25) is 0 Å². The number of ether oxygens (including phenoxy) is 1. The molecule has 0 fully saturated rings. The molecule has 0 radical (unpaired) electrons. The Balaban J connectivity index is 3.04. The minimum atomic E-state index is -4.75. The number of aliphatic imine (C=N–C) groups is 1. The average Bonchev–Trinajstić information content (AvgIpc) is 1.99. The molecule has 0 aliphatic heterocycles. The molecule has 0 N–H and O–H groups in total. The maximum absolute atomic E-state index is 11.9. The molecule has 0 atom stereocenters. The third-order valence-corrected chi connectivity index (χ3v) is 1.44. The Kier molecular flexibility index (Phi) is 3.11. The molecule has 0 aromatic heterocycles. The largest absolute Gasteiger partial charge is 0.573 e. The van der Waals surface area contributed by atoms with Crippen LogP contribution in [0.25, 0.3) is 0 Å². The fraction of sp³-hybridized carbons (Fsp3) is 0.222.